The lowest BCUT2D eigenvalue weighted by molar-refractivity contribution is -0.143. The summed E-state index contributed by atoms with van der Waals surface area (Å²) in [7, 11) is 3.00. The van der Waals surface area contributed by atoms with Crippen molar-refractivity contribution in [2.45, 2.75) is 12.8 Å². The molecule has 0 aliphatic heterocycles. The second kappa shape index (κ2) is 9.10. The normalized spacial score (nSPS) is 11.5. The Labute approximate surface area is 156 Å². The van der Waals surface area contributed by atoms with Crippen molar-refractivity contribution >= 4 is 29.2 Å². The Morgan fingerprint density at radius 2 is 1.81 bits per heavy atom. The molecule has 0 heterocycles. The average molecular weight is 378 g/mol. The van der Waals surface area contributed by atoms with Gasteiger partial charge in [0, 0.05) is 17.5 Å². The van der Waals surface area contributed by atoms with Crippen LogP contribution >= 0.6 is 11.6 Å². The van der Waals surface area contributed by atoms with Crippen molar-refractivity contribution in [2.75, 3.05) is 19.5 Å². The Morgan fingerprint density at radius 3 is 2.38 bits per heavy atom. The predicted octanol–water partition coefficient (Wildman–Crippen LogP) is 3.63. The van der Waals surface area contributed by atoms with E-state index in [1.807, 2.05) is 0 Å². The number of nitrogens with one attached hydrogen (secondary N) is 1. The molecular formula is C19H20ClNO5. The zero-order valence-corrected chi connectivity index (χ0v) is 15.2. The first-order valence-corrected chi connectivity index (χ1v) is 8.30. The third-order valence-corrected chi connectivity index (χ3v) is 4.11. The van der Waals surface area contributed by atoms with E-state index in [0.717, 1.165) is 5.56 Å². The summed E-state index contributed by atoms with van der Waals surface area (Å²) in [6, 6.07) is 11.9. The van der Waals surface area contributed by atoms with Crippen LogP contribution in [0.1, 0.15) is 12.0 Å². The standard InChI is InChI=1S/C19H20ClNO5/c1-25-15-7-8-17(26-2)16(11-15)21-18(22)10-13(19(23)24)9-12-3-5-14(20)6-4-12/h3-8,11,13H,9-10H2,1-2H3,(H,21,22)(H,23,24). The second-order valence-electron chi connectivity index (χ2n) is 5.68. The molecule has 2 rings (SSSR count). The third-order valence-electron chi connectivity index (χ3n) is 3.86. The van der Waals surface area contributed by atoms with Crippen molar-refractivity contribution < 1.29 is 24.2 Å². The third kappa shape index (κ3) is 5.39. The number of methoxy groups -OCH3 is 2. The zero-order chi connectivity index (χ0) is 19.1. The minimum Gasteiger partial charge on any atom is -0.497 e. The van der Waals surface area contributed by atoms with Crippen LogP contribution in [0.25, 0.3) is 0 Å². The van der Waals surface area contributed by atoms with Crippen LogP contribution in [0.2, 0.25) is 5.02 Å². The molecule has 7 heteroatoms. The van der Waals surface area contributed by atoms with Gasteiger partial charge >= 0.3 is 5.97 Å². The van der Waals surface area contributed by atoms with Crippen LogP contribution in [0.3, 0.4) is 0 Å². The molecule has 0 aliphatic rings. The van der Waals surface area contributed by atoms with Crippen LogP contribution in [0, 0.1) is 5.92 Å². The molecule has 26 heavy (non-hydrogen) atoms. The number of carboxylic acid groups (broad SMARTS) is 1. The smallest absolute Gasteiger partial charge is 0.307 e. The van der Waals surface area contributed by atoms with Gasteiger partial charge in [-0.15, -0.1) is 0 Å². The van der Waals surface area contributed by atoms with Crippen LogP contribution in [-0.4, -0.2) is 31.2 Å². The molecule has 2 aromatic rings. The number of carboxylic acids is 1. The lowest BCUT2D eigenvalue weighted by Crippen LogP contribution is -2.24. The van der Waals surface area contributed by atoms with Crippen molar-refractivity contribution in [2.24, 2.45) is 5.92 Å². The highest BCUT2D eigenvalue weighted by atomic mass is 35.5. The molecule has 1 amide bonds. The molecule has 0 aliphatic carbocycles. The molecule has 1 atom stereocenters. The van der Waals surface area contributed by atoms with E-state index in [4.69, 9.17) is 21.1 Å². The lowest BCUT2D eigenvalue weighted by atomic mass is 9.96. The van der Waals surface area contributed by atoms with Crippen molar-refractivity contribution in [3.63, 3.8) is 0 Å². The first kappa shape index (κ1) is 19.6. The van der Waals surface area contributed by atoms with Gasteiger partial charge in [0.25, 0.3) is 0 Å². The quantitative estimate of drug-likeness (QED) is 0.733. The molecule has 0 saturated heterocycles. The van der Waals surface area contributed by atoms with E-state index < -0.39 is 17.8 Å². The Balaban J connectivity index is 2.08. The number of hydrogen-bond acceptors (Lipinski definition) is 4. The van der Waals surface area contributed by atoms with Gasteiger partial charge < -0.3 is 19.9 Å². The maximum absolute atomic E-state index is 12.3. The van der Waals surface area contributed by atoms with Crippen molar-refractivity contribution in [1.29, 1.82) is 0 Å². The summed E-state index contributed by atoms with van der Waals surface area (Å²) in [5, 5.41) is 12.7. The minimum atomic E-state index is -1.03. The Hall–Kier alpha value is -2.73. The highest BCUT2D eigenvalue weighted by Crippen LogP contribution is 2.29. The maximum Gasteiger partial charge on any atom is 0.307 e. The van der Waals surface area contributed by atoms with Crippen molar-refractivity contribution in [1.82, 2.24) is 0 Å². The molecule has 0 bridgehead atoms. The summed E-state index contributed by atoms with van der Waals surface area (Å²) in [6.45, 7) is 0. The van der Waals surface area contributed by atoms with Gasteiger partial charge in [0.1, 0.15) is 11.5 Å². The molecule has 6 nitrogen and oxygen atoms in total. The highest BCUT2D eigenvalue weighted by molar-refractivity contribution is 6.30. The zero-order valence-electron chi connectivity index (χ0n) is 14.5. The van der Waals surface area contributed by atoms with E-state index in [9.17, 15) is 14.7 Å². The van der Waals surface area contributed by atoms with Crippen molar-refractivity contribution in [3.8, 4) is 11.5 Å². The summed E-state index contributed by atoms with van der Waals surface area (Å²) >= 11 is 5.84. The fraction of sp³-hybridized carbons (Fsp3) is 0.263. The van der Waals surface area contributed by atoms with Crippen LogP contribution in [0.5, 0.6) is 11.5 Å². The summed E-state index contributed by atoms with van der Waals surface area (Å²) in [5.74, 6) is -1.29. The number of anilines is 1. The Kier molecular flexibility index (Phi) is 6.86. The molecule has 2 aromatic carbocycles. The summed E-state index contributed by atoms with van der Waals surface area (Å²) in [4.78, 5) is 23.9. The first-order valence-electron chi connectivity index (χ1n) is 7.92. The Morgan fingerprint density at radius 1 is 1.12 bits per heavy atom. The lowest BCUT2D eigenvalue weighted by Gasteiger charge is -2.15. The van der Waals surface area contributed by atoms with Crippen LogP contribution in [-0.2, 0) is 16.0 Å². The topological polar surface area (TPSA) is 84.9 Å². The summed E-state index contributed by atoms with van der Waals surface area (Å²) in [6.07, 6.45) is 0.0630. The molecular weight excluding hydrogens is 358 g/mol. The number of aliphatic carboxylic acids is 1. The van der Waals surface area contributed by atoms with E-state index in [2.05, 4.69) is 5.32 Å². The van der Waals surface area contributed by atoms with Gasteiger partial charge in [-0.25, -0.2) is 0 Å². The number of rotatable bonds is 8. The van der Waals surface area contributed by atoms with Gasteiger partial charge in [-0.05, 0) is 36.2 Å². The van der Waals surface area contributed by atoms with Crippen LogP contribution in [0.15, 0.2) is 42.5 Å². The molecule has 0 radical (unpaired) electrons. The average Bonchev–Trinajstić information content (AvgIpc) is 2.62. The maximum atomic E-state index is 12.3. The first-order chi connectivity index (χ1) is 12.4. The SMILES string of the molecule is COc1ccc(OC)c(NC(=O)CC(Cc2ccc(Cl)cc2)C(=O)O)c1. The molecule has 1 unspecified atom stereocenters. The fourth-order valence-corrected chi connectivity index (χ4v) is 2.61. The summed E-state index contributed by atoms with van der Waals surface area (Å²) in [5.41, 5.74) is 1.22. The highest BCUT2D eigenvalue weighted by Gasteiger charge is 2.22. The molecule has 0 fully saturated rings. The summed E-state index contributed by atoms with van der Waals surface area (Å²) < 4.78 is 10.3. The largest absolute Gasteiger partial charge is 0.497 e. The van der Waals surface area contributed by atoms with Gasteiger partial charge in [-0.2, -0.15) is 0 Å². The fourth-order valence-electron chi connectivity index (χ4n) is 2.49. The van der Waals surface area contributed by atoms with E-state index in [-0.39, 0.29) is 12.8 Å². The minimum absolute atomic E-state index is 0.168. The van der Waals surface area contributed by atoms with E-state index in [0.29, 0.717) is 22.2 Å². The van der Waals surface area contributed by atoms with Gasteiger partial charge in [-0.1, -0.05) is 23.7 Å². The molecule has 2 N–H and O–H groups in total. The molecule has 0 saturated carbocycles. The van der Waals surface area contributed by atoms with E-state index in [1.54, 1.807) is 42.5 Å². The van der Waals surface area contributed by atoms with E-state index in [1.165, 1.54) is 14.2 Å². The van der Waals surface area contributed by atoms with Crippen molar-refractivity contribution in [3.05, 3.63) is 53.1 Å². The number of carbonyl (C=O) groups is 2. The van der Waals surface area contributed by atoms with Gasteiger partial charge in [-0.3, -0.25) is 9.59 Å². The van der Waals surface area contributed by atoms with Crippen LogP contribution < -0.4 is 14.8 Å². The number of benzene rings is 2. The Bertz CT molecular complexity index is 776. The molecule has 0 aromatic heterocycles. The van der Waals surface area contributed by atoms with E-state index >= 15 is 0 Å². The number of amides is 1. The monoisotopic (exact) mass is 377 g/mol. The van der Waals surface area contributed by atoms with Crippen LogP contribution in [0.4, 0.5) is 5.69 Å². The number of halogens is 1. The number of carbonyl (C=O) groups excluding carboxylic acids is 1. The van der Waals surface area contributed by atoms with Gasteiger partial charge in [0.2, 0.25) is 5.91 Å². The van der Waals surface area contributed by atoms with Gasteiger partial charge in [0.05, 0.1) is 25.8 Å². The second-order valence-corrected chi connectivity index (χ2v) is 6.12. The molecule has 138 valence electrons. The predicted molar refractivity (Wildman–Crippen MR) is 99.1 cm³/mol. The number of hydrogen-bond donors (Lipinski definition) is 2. The number of ether oxygens (including phenoxy) is 2. The van der Waals surface area contributed by atoms with Gasteiger partial charge in [0.15, 0.2) is 0 Å². The molecule has 0 spiro atoms.